The maximum atomic E-state index is 13.7. The van der Waals surface area contributed by atoms with Gasteiger partial charge >= 0.3 is 0 Å². The number of nitrogens with zero attached hydrogens (tertiary/aromatic N) is 1. The van der Waals surface area contributed by atoms with E-state index in [1.54, 1.807) is 33.1 Å². The van der Waals surface area contributed by atoms with Gasteiger partial charge in [-0.1, -0.05) is 30.7 Å². The second kappa shape index (κ2) is 14.3. The van der Waals surface area contributed by atoms with Gasteiger partial charge in [0.25, 0.3) is 0 Å². The van der Waals surface area contributed by atoms with Crippen molar-refractivity contribution in [2.75, 3.05) is 46.6 Å². The second-order valence-corrected chi connectivity index (χ2v) is 11.8. The third kappa shape index (κ3) is 8.86. The SMILES string of the molecule is COc1ccc(C[C@H](NC(=O)[C@H](C)NC(=O)CN2CCOCC2)C(=O)N[C@@H](CC2=CC(C)CC2)C(=O)[C@@]2(C)CO2)cc1. The lowest BCUT2D eigenvalue weighted by Gasteiger charge is -2.27. The number of amides is 3. The van der Waals surface area contributed by atoms with Crippen molar-refractivity contribution < 1.29 is 33.4 Å². The topological polar surface area (TPSA) is 139 Å². The molecule has 2 heterocycles. The molecular weight excluding hydrogens is 540 g/mol. The summed E-state index contributed by atoms with van der Waals surface area (Å²) in [6.45, 7) is 8.37. The fourth-order valence-corrected chi connectivity index (χ4v) is 5.33. The van der Waals surface area contributed by atoms with Crippen molar-refractivity contribution in [3.05, 3.63) is 41.5 Å². The van der Waals surface area contributed by atoms with Crippen molar-refractivity contribution >= 4 is 23.5 Å². The van der Waals surface area contributed by atoms with Gasteiger partial charge in [-0.15, -0.1) is 0 Å². The molecule has 11 heteroatoms. The van der Waals surface area contributed by atoms with E-state index >= 15 is 0 Å². The van der Waals surface area contributed by atoms with Crippen LogP contribution >= 0.6 is 0 Å². The van der Waals surface area contributed by atoms with Gasteiger partial charge in [-0.2, -0.15) is 0 Å². The highest BCUT2D eigenvalue weighted by Gasteiger charge is 2.50. The Hall–Kier alpha value is -3.28. The number of carbonyl (C=O) groups excluding carboxylic acids is 4. The normalized spacial score (nSPS) is 24.1. The molecule has 2 aliphatic heterocycles. The zero-order chi connectivity index (χ0) is 30.3. The highest BCUT2D eigenvalue weighted by Crippen LogP contribution is 2.32. The molecule has 0 radical (unpaired) electrons. The number of hydrogen-bond donors (Lipinski definition) is 3. The van der Waals surface area contributed by atoms with Crippen molar-refractivity contribution in [3.8, 4) is 5.75 Å². The highest BCUT2D eigenvalue weighted by atomic mass is 16.6. The van der Waals surface area contributed by atoms with Crippen molar-refractivity contribution in [3.63, 3.8) is 0 Å². The molecule has 0 bridgehead atoms. The zero-order valence-electron chi connectivity index (χ0n) is 25.1. The molecule has 230 valence electrons. The van der Waals surface area contributed by atoms with Crippen molar-refractivity contribution in [2.24, 2.45) is 5.92 Å². The summed E-state index contributed by atoms with van der Waals surface area (Å²) in [5.74, 6) is -0.316. The number of rotatable bonds is 14. The Morgan fingerprint density at radius 3 is 2.29 bits per heavy atom. The standard InChI is InChI=1S/C31H44N4O7/c1-20-5-6-23(15-20)17-25(28(37)31(3)19-42-31)33-30(39)26(16-22-7-9-24(40-4)10-8-22)34-29(38)21(2)32-27(36)18-35-11-13-41-14-12-35/h7-10,15,20-21,25-26H,5-6,11-14,16-19H2,1-4H3,(H,32,36)(H,33,39)(H,34,38)/t20?,21-,25-,26-,31+/m0/s1. The molecular formula is C31H44N4O7. The lowest BCUT2D eigenvalue weighted by molar-refractivity contribution is -0.134. The fourth-order valence-electron chi connectivity index (χ4n) is 5.33. The Morgan fingerprint density at radius 2 is 1.69 bits per heavy atom. The van der Waals surface area contributed by atoms with Crippen molar-refractivity contribution in [1.29, 1.82) is 0 Å². The minimum Gasteiger partial charge on any atom is -0.497 e. The predicted octanol–water partition coefficient (Wildman–Crippen LogP) is 1.15. The van der Waals surface area contributed by atoms with E-state index in [0.29, 0.717) is 51.0 Å². The number of Topliss-reactive ketones (excluding diaryl/α,β-unsaturated/α-hetero) is 1. The summed E-state index contributed by atoms with van der Waals surface area (Å²) in [7, 11) is 1.57. The van der Waals surface area contributed by atoms with E-state index in [1.165, 1.54) is 0 Å². The van der Waals surface area contributed by atoms with Gasteiger partial charge in [0.2, 0.25) is 17.7 Å². The van der Waals surface area contributed by atoms with E-state index in [1.807, 2.05) is 17.0 Å². The van der Waals surface area contributed by atoms with Crippen molar-refractivity contribution in [1.82, 2.24) is 20.9 Å². The van der Waals surface area contributed by atoms with E-state index in [0.717, 1.165) is 24.0 Å². The molecule has 1 aromatic carbocycles. The first kappa shape index (κ1) is 31.7. The molecule has 1 aromatic rings. The minimum atomic E-state index is -0.982. The van der Waals surface area contributed by atoms with Crippen LogP contribution in [-0.2, 0) is 35.1 Å². The van der Waals surface area contributed by atoms with Crippen LogP contribution in [0.5, 0.6) is 5.75 Å². The number of epoxide rings is 1. The number of morpholine rings is 1. The van der Waals surface area contributed by atoms with E-state index in [-0.39, 0.29) is 24.7 Å². The Kier molecular flexibility index (Phi) is 10.7. The van der Waals surface area contributed by atoms with Crippen LogP contribution in [0.4, 0.5) is 0 Å². The van der Waals surface area contributed by atoms with Crippen LogP contribution in [0.15, 0.2) is 35.9 Å². The number of benzene rings is 1. The maximum Gasteiger partial charge on any atom is 0.243 e. The Bertz CT molecular complexity index is 1160. The van der Waals surface area contributed by atoms with Gasteiger partial charge in [0.1, 0.15) is 23.4 Å². The summed E-state index contributed by atoms with van der Waals surface area (Å²) < 4.78 is 16.0. The third-order valence-corrected chi connectivity index (χ3v) is 8.11. The monoisotopic (exact) mass is 584 g/mol. The lowest BCUT2D eigenvalue weighted by Crippen LogP contribution is -2.57. The second-order valence-electron chi connectivity index (χ2n) is 11.8. The number of ketones is 1. The van der Waals surface area contributed by atoms with Crippen LogP contribution in [0.3, 0.4) is 0 Å². The van der Waals surface area contributed by atoms with E-state index in [9.17, 15) is 19.2 Å². The third-order valence-electron chi connectivity index (χ3n) is 8.11. The highest BCUT2D eigenvalue weighted by molar-refractivity contribution is 5.98. The molecule has 5 atom stereocenters. The Morgan fingerprint density at radius 1 is 1.02 bits per heavy atom. The average Bonchev–Trinajstić information content (AvgIpc) is 3.60. The zero-order valence-corrected chi connectivity index (χ0v) is 25.1. The molecule has 0 spiro atoms. The number of hydrogen-bond acceptors (Lipinski definition) is 8. The molecule has 2 saturated heterocycles. The molecule has 42 heavy (non-hydrogen) atoms. The van der Waals surface area contributed by atoms with Gasteiger partial charge in [0, 0.05) is 19.5 Å². The first-order valence-corrected chi connectivity index (χ1v) is 14.8. The quantitative estimate of drug-likeness (QED) is 0.219. The van der Waals surface area contributed by atoms with Crippen LogP contribution < -0.4 is 20.7 Å². The number of carbonyl (C=O) groups is 4. The lowest BCUT2D eigenvalue weighted by atomic mass is 9.94. The molecule has 3 aliphatic rings. The first-order chi connectivity index (χ1) is 20.1. The molecule has 0 aromatic heterocycles. The smallest absolute Gasteiger partial charge is 0.243 e. The molecule has 3 N–H and O–H groups in total. The van der Waals surface area contributed by atoms with E-state index in [2.05, 4.69) is 29.0 Å². The predicted molar refractivity (Wildman–Crippen MR) is 156 cm³/mol. The minimum absolute atomic E-state index is 0.163. The number of allylic oxidation sites excluding steroid dienone is 1. The van der Waals surface area contributed by atoms with Crippen LogP contribution in [0.2, 0.25) is 0 Å². The average molecular weight is 585 g/mol. The first-order valence-electron chi connectivity index (χ1n) is 14.8. The summed E-state index contributed by atoms with van der Waals surface area (Å²) in [4.78, 5) is 54.9. The summed E-state index contributed by atoms with van der Waals surface area (Å²) in [6, 6.07) is 4.59. The number of nitrogens with one attached hydrogen (secondary N) is 3. The summed E-state index contributed by atoms with van der Waals surface area (Å²) in [5.41, 5.74) is 1.03. The molecule has 1 unspecified atom stereocenters. The molecule has 2 fully saturated rings. The van der Waals surface area contributed by atoms with Gasteiger partial charge in [-0.25, -0.2) is 0 Å². The van der Waals surface area contributed by atoms with Crippen LogP contribution in [0, 0.1) is 5.92 Å². The van der Waals surface area contributed by atoms with Crippen LogP contribution in [0.1, 0.15) is 45.6 Å². The van der Waals surface area contributed by atoms with Gasteiger partial charge in [-0.05, 0) is 56.7 Å². The number of methoxy groups -OCH3 is 1. The largest absolute Gasteiger partial charge is 0.497 e. The van der Waals surface area contributed by atoms with E-state index in [4.69, 9.17) is 14.2 Å². The molecule has 1 aliphatic carbocycles. The number of ether oxygens (including phenoxy) is 3. The fraction of sp³-hybridized carbons (Fsp3) is 0.613. The molecule has 11 nitrogen and oxygen atoms in total. The summed E-state index contributed by atoms with van der Waals surface area (Å²) in [6.07, 6.45) is 4.66. The van der Waals surface area contributed by atoms with Crippen LogP contribution in [0.25, 0.3) is 0 Å². The molecule has 3 amide bonds. The van der Waals surface area contributed by atoms with Crippen LogP contribution in [-0.4, -0.2) is 98.7 Å². The van der Waals surface area contributed by atoms with Gasteiger partial charge in [-0.3, -0.25) is 24.1 Å². The van der Waals surface area contributed by atoms with Gasteiger partial charge in [0.05, 0.1) is 39.5 Å². The Balaban J connectivity index is 1.45. The summed E-state index contributed by atoms with van der Waals surface area (Å²) >= 11 is 0. The van der Waals surface area contributed by atoms with E-state index < -0.39 is 35.5 Å². The van der Waals surface area contributed by atoms with Gasteiger partial charge in [0.15, 0.2) is 5.78 Å². The maximum absolute atomic E-state index is 13.7. The summed E-state index contributed by atoms with van der Waals surface area (Å²) in [5, 5.41) is 8.48. The van der Waals surface area contributed by atoms with Crippen molar-refractivity contribution in [2.45, 2.75) is 70.2 Å². The van der Waals surface area contributed by atoms with Gasteiger partial charge < -0.3 is 30.2 Å². The molecule has 0 saturated carbocycles. The Labute approximate surface area is 247 Å². The molecule has 4 rings (SSSR count).